The van der Waals surface area contributed by atoms with E-state index < -0.39 is 5.82 Å². The van der Waals surface area contributed by atoms with Gasteiger partial charge in [0.15, 0.2) is 0 Å². The molecule has 0 saturated heterocycles. The average Bonchev–Trinajstić information content (AvgIpc) is 1.99. The van der Waals surface area contributed by atoms with E-state index in [9.17, 15) is 4.39 Å². The van der Waals surface area contributed by atoms with Crippen molar-refractivity contribution in [3.8, 4) is 18.1 Å². The summed E-state index contributed by atoms with van der Waals surface area (Å²) < 4.78 is 17.5. The van der Waals surface area contributed by atoms with Crippen molar-refractivity contribution in [1.82, 2.24) is 0 Å². The minimum absolute atomic E-state index is 0.0796. The standard InChI is InChI=1S/C9H5ClFO/c1-2-3-12-9-5-7(10)4-8(11)6-9/h1,4-5H,3H2. The SMILES string of the molecule is C#CCOc1[c]c(F)cc(Cl)c1. The summed E-state index contributed by atoms with van der Waals surface area (Å²) in [6, 6.07) is 4.90. The topological polar surface area (TPSA) is 9.23 Å². The van der Waals surface area contributed by atoms with Gasteiger partial charge in [-0.1, -0.05) is 17.5 Å². The van der Waals surface area contributed by atoms with Crippen LogP contribution in [0.25, 0.3) is 0 Å². The first-order valence-corrected chi connectivity index (χ1v) is 3.55. The smallest absolute Gasteiger partial charge is 0.148 e. The molecule has 0 aliphatic carbocycles. The molecule has 1 aromatic carbocycles. The Labute approximate surface area is 75.1 Å². The molecular formula is C9H5ClFO. The lowest BCUT2D eigenvalue weighted by Crippen LogP contribution is -1.93. The molecule has 1 rings (SSSR count). The first kappa shape index (κ1) is 8.89. The zero-order chi connectivity index (χ0) is 8.97. The van der Waals surface area contributed by atoms with Gasteiger partial charge in [0.05, 0.1) is 6.07 Å². The fourth-order valence-electron chi connectivity index (χ4n) is 0.675. The van der Waals surface area contributed by atoms with Crippen LogP contribution in [0, 0.1) is 24.2 Å². The molecule has 1 nitrogen and oxygen atoms in total. The highest BCUT2D eigenvalue weighted by molar-refractivity contribution is 6.30. The van der Waals surface area contributed by atoms with Gasteiger partial charge in [0, 0.05) is 5.02 Å². The molecule has 12 heavy (non-hydrogen) atoms. The van der Waals surface area contributed by atoms with Crippen molar-refractivity contribution in [3.05, 3.63) is 29.0 Å². The highest BCUT2D eigenvalue weighted by atomic mass is 35.5. The lowest BCUT2D eigenvalue weighted by Gasteiger charge is -2.01. The van der Waals surface area contributed by atoms with E-state index in [2.05, 4.69) is 12.0 Å². The summed E-state index contributed by atoms with van der Waals surface area (Å²) in [4.78, 5) is 0. The number of terminal acetylenes is 1. The minimum Gasteiger partial charge on any atom is -0.480 e. The molecule has 0 heterocycles. The second-order valence-electron chi connectivity index (χ2n) is 2.00. The van der Waals surface area contributed by atoms with E-state index in [1.54, 1.807) is 0 Å². The minimum atomic E-state index is -0.561. The van der Waals surface area contributed by atoms with Gasteiger partial charge in [-0.15, -0.1) is 6.42 Å². The highest BCUT2D eigenvalue weighted by Crippen LogP contribution is 2.18. The maximum Gasteiger partial charge on any atom is 0.148 e. The Bertz CT molecular complexity index is 297. The molecule has 0 bridgehead atoms. The van der Waals surface area contributed by atoms with E-state index in [0.29, 0.717) is 0 Å². The summed E-state index contributed by atoms with van der Waals surface area (Å²) in [7, 11) is 0. The quantitative estimate of drug-likeness (QED) is 0.640. The van der Waals surface area contributed by atoms with Crippen LogP contribution in [0.2, 0.25) is 5.02 Å². The lowest BCUT2D eigenvalue weighted by atomic mass is 10.3. The van der Waals surface area contributed by atoms with Crippen molar-refractivity contribution in [2.75, 3.05) is 6.61 Å². The van der Waals surface area contributed by atoms with Gasteiger partial charge in [-0.25, -0.2) is 4.39 Å². The summed E-state index contributed by atoms with van der Waals surface area (Å²) in [5.74, 6) is 1.91. The summed E-state index contributed by atoms with van der Waals surface area (Å²) in [5.41, 5.74) is 0. The number of hydrogen-bond donors (Lipinski definition) is 0. The van der Waals surface area contributed by atoms with Gasteiger partial charge >= 0.3 is 0 Å². The van der Waals surface area contributed by atoms with Gasteiger partial charge in [0.25, 0.3) is 0 Å². The van der Waals surface area contributed by atoms with Gasteiger partial charge < -0.3 is 4.74 Å². The zero-order valence-electron chi connectivity index (χ0n) is 6.10. The summed E-state index contributed by atoms with van der Waals surface area (Å²) in [6.45, 7) is 0.0796. The number of ether oxygens (including phenoxy) is 1. The van der Waals surface area contributed by atoms with Crippen LogP contribution in [-0.4, -0.2) is 6.61 Å². The van der Waals surface area contributed by atoms with Crippen molar-refractivity contribution in [3.63, 3.8) is 0 Å². The van der Waals surface area contributed by atoms with Gasteiger partial charge in [0.1, 0.15) is 18.2 Å². The Morgan fingerprint density at radius 1 is 1.67 bits per heavy atom. The number of halogens is 2. The Kier molecular flexibility index (Phi) is 2.95. The maximum absolute atomic E-state index is 12.6. The molecule has 0 saturated carbocycles. The van der Waals surface area contributed by atoms with Crippen LogP contribution in [0.4, 0.5) is 4.39 Å². The highest BCUT2D eigenvalue weighted by Gasteiger charge is 1.99. The van der Waals surface area contributed by atoms with Gasteiger partial charge in [-0.05, 0) is 12.1 Å². The van der Waals surface area contributed by atoms with E-state index >= 15 is 0 Å². The lowest BCUT2D eigenvalue weighted by molar-refractivity contribution is 0.367. The van der Waals surface area contributed by atoms with Gasteiger partial charge in [0.2, 0.25) is 0 Å². The molecule has 0 aliphatic rings. The fraction of sp³-hybridized carbons (Fsp3) is 0.111. The third kappa shape index (κ3) is 2.44. The third-order valence-corrected chi connectivity index (χ3v) is 1.31. The Morgan fingerprint density at radius 2 is 2.42 bits per heavy atom. The summed E-state index contributed by atoms with van der Waals surface area (Å²) in [5, 5.41) is 0.262. The van der Waals surface area contributed by atoms with Gasteiger partial charge in [-0.2, -0.15) is 0 Å². The van der Waals surface area contributed by atoms with Crippen LogP contribution in [0.3, 0.4) is 0 Å². The Balaban J connectivity index is 2.80. The van der Waals surface area contributed by atoms with E-state index in [0.717, 1.165) is 6.07 Å². The number of hydrogen-bond acceptors (Lipinski definition) is 1. The molecule has 0 unspecified atom stereocenters. The third-order valence-electron chi connectivity index (χ3n) is 1.09. The first-order chi connectivity index (χ1) is 5.72. The monoisotopic (exact) mass is 183 g/mol. The molecule has 1 radical (unpaired) electrons. The predicted molar refractivity (Wildman–Crippen MR) is 44.6 cm³/mol. The van der Waals surface area contributed by atoms with E-state index in [4.69, 9.17) is 22.8 Å². The Morgan fingerprint density at radius 3 is 3.00 bits per heavy atom. The second-order valence-corrected chi connectivity index (χ2v) is 2.44. The number of rotatable bonds is 2. The fourth-order valence-corrected chi connectivity index (χ4v) is 0.870. The van der Waals surface area contributed by atoms with Crippen LogP contribution in [0.15, 0.2) is 12.1 Å². The molecule has 0 atom stereocenters. The molecule has 3 heteroatoms. The largest absolute Gasteiger partial charge is 0.480 e. The molecule has 0 spiro atoms. The Hall–Kier alpha value is -1.20. The van der Waals surface area contributed by atoms with E-state index in [-0.39, 0.29) is 17.4 Å². The molecule has 0 aliphatic heterocycles. The van der Waals surface area contributed by atoms with Crippen molar-refractivity contribution < 1.29 is 9.13 Å². The predicted octanol–water partition coefficient (Wildman–Crippen LogP) is 2.29. The molecule has 1 aromatic rings. The van der Waals surface area contributed by atoms with E-state index in [1.807, 2.05) is 0 Å². The van der Waals surface area contributed by atoms with Crippen LogP contribution in [-0.2, 0) is 0 Å². The molecule has 0 fully saturated rings. The molecule has 0 amide bonds. The molecule has 0 aromatic heterocycles. The zero-order valence-corrected chi connectivity index (χ0v) is 6.86. The normalized spacial score (nSPS) is 9.08. The number of benzene rings is 1. The molecule has 0 N–H and O–H groups in total. The van der Waals surface area contributed by atoms with Crippen LogP contribution < -0.4 is 4.74 Å². The van der Waals surface area contributed by atoms with Crippen LogP contribution in [0.5, 0.6) is 5.75 Å². The molecular weight excluding hydrogens is 179 g/mol. The van der Waals surface area contributed by atoms with Crippen molar-refractivity contribution in [2.24, 2.45) is 0 Å². The van der Waals surface area contributed by atoms with Crippen molar-refractivity contribution in [1.29, 1.82) is 0 Å². The average molecular weight is 184 g/mol. The summed E-state index contributed by atoms with van der Waals surface area (Å²) in [6.07, 6.45) is 4.94. The van der Waals surface area contributed by atoms with E-state index in [1.165, 1.54) is 6.07 Å². The van der Waals surface area contributed by atoms with Crippen LogP contribution in [0.1, 0.15) is 0 Å². The maximum atomic E-state index is 12.6. The summed E-state index contributed by atoms with van der Waals surface area (Å²) >= 11 is 5.54. The van der Waals surface area contributed by atoms with Crippen molar-refractivity contribution >= 4 is 11.6 Å². The van der Waals surface area contributed by atoms with Gasteiger partial charge in [-0.3, -0.25) is 0 Å². The second kappa shape index (κ2) is 3.99. The molecule has 61 valence electrons. The van der Waals surface area contributed by atoms with Crippen LogP contribution >= 0.6 is 11.6 Å². The van der Waals surface area contributed by atoms with Crippen molar-refractivity contribution in [2.45, 2.75) is 0 Å². The first-order valence-electron chi connectivity index (χ1n) is 3.17.